The Labute approximate surface area is 204 Å². The molecule has 3 aromatic rings. The fourth-order valence-electron chi connectivity index (χ4n) is 4.66. The number of ether oxygens (including phenoxy) is 2. The average Bonchev–Trinajstić information content (AvgIpc) is 3.31. The normalized spacial score (nSPS) is 19.2. The zero-order valence-corrected chi connectivity index (χ0v) is 20.7. The van der Waals surface area contributed by atoms with Crippen LogP contribution >= 0.6 is 0 Å². The van der Waals surface area contributed by atoms with Crippen molar-refractivity contribution < 1.29 is 22.7 Å². The fraction of sp³-hybridized carbons (Fsp3) is 0.440. The summed E-state index contributed by atoms with van der Waals surface area (Å²) in [6.45, 7) is 5.55. The lowest BCUT2D eigenvalue weighted by Gasteiger charge is -2.35. The molecule has 3 heterocycles. The predicted octanol–water partition coefficient (Wildman–Crippen LogP) is 3.04. The second kappa shape index (κ2) is 9.50. The van der Waals surface area contributed by atoms with Gasteiger partial charge >= 0.3 is 0 Å². The fourth-order valence-corrected chi connectivity index (χ4v) is 6.01. The van der Waals surface area contributed by atoms with Crippen molar-refractivity contribution in [3.8, 4) is 11.5 Å². The van der Waals surface area contributed by atoms with Crippen LogP contribution in [-0.4, -0.2) is 61.5 Å². The summed E-state index contributed by atoms with van der Waals surface area (Å²) in [5, 5.41) is 0. The third-order valence-electron chi connectivity index (χ3n) is 6.57. The number of aromatic nitrogens is 2. The molecule has 0 aliphatic carbocycles. The number of imidazole rings is 1. The summed E-state index contributed by atoms with van der Waals surface area (Å²) in [6, 6.07) is 11.5. The van der Waals surface area contributed by atoms with Crippen molar-refractivity contribution in [2.75, 3.05) is 26.3 Å². The second-order valence-electron chi connectivity index (χ2n) is 9.41. The lowest BCUT2D eigenvalue weighted by atomic mass is 9.95. The molecule has 186 valence electrons. The number of piperidine rings is 1. The lowest BCUT2D eigenvalue weighted by Crippen LogP contribution is -2.53. The minimum atomic E-state index is -3.96. The van der Waals surface area contributed by atoms with Crippen molar-refractivity contribution in [1.29, 1.82) is 0 Å². The van der Waals surface area contributed by atoms with Gasteiger partial charge in [0.25, 0.3) is 0 Å². The van der Waals surface area contributed by atoms with Crippen molar-refractivity contribution in [1.82, 2.24) is 19.6 Å². The zero-order valence-electron chi connectivity index (χ0n) is 19.9. The molecule has 2 atom stereocenters. The molecular formula is C25H30N4O5S. The molecule has 0 radical (unpaired) electrons. The summed E-state index contributed by atoms with van der Waals surface area (Å²) in [5.74, 6) is 1.37. The zero-order chi connectivity index (χ0) is 24.6. The molecule has 2 aliphatic heterocycles. The summed E-state index contributed by atoms with van der Waals surface area (Å²) in [5.41, 5.74) is 1.87. The Hall–Kier alpha value is -3.11. The van der Waals surface area contributed by atoms with Crippen LogP contribution in [0.4, 0.5) is 0 Å². The Kier molecular flexibility index (Phi) is 6.41. The molecule has 10 heteroatoms. The molecule has 1 saturated heterocycles. The van der Waals surface area contributed by atoms with E-state index in [1.165, 1.54) is 12.1 Å². The van der Waals surface area contributed by atoms with E-state index in [-0.39, 0.29) is 22.6 Å². The van der Waals surface area contributed by atoms with Gasteiger partial charge in [-0.1, -0.05) is 26.0 Å². The number of aromatic amines is 1. The van der Waals surface area contributed by atoms with Gasteiger partial charge in [0.15, 0.2) is 11.5 Å². The SMILES string of the molecule is CC(C)C(NS(=O)(=O)c1ccc2c(c1)OCCO2)C(=O)N1CCCC(c2nc3ccccc3[nH]2)C1. The maximum Gasteiger partial charge on any atom is 0.241 e. The van der Waals surface area contributed by atoms with Crippen LogP contribution in [0.5, 0.6) is 11.5 Å². The molecule has 35 heavy (non-hydrogen) atoms. The van der Waals surface area contributed by atoms with Gasteiger partial charge in [0.05, 0.1) is 15.9 Å². The van der Waals surface area contributed by atoms with Crippen molar-refractivity contribution in [3.05, 3.63) is 48.3 Å². The first-order valence-corrected chi connectivity index (χ1v) is 13.5. The van der Waals surface area contributed by atoms with Gasteiger partial charge in [-0.2, -0.15) is 4.72 Å². The molecule has 9 nitrogen and oxygen atoms in total. The number of fused-ring (bicyclic) bond motifs is 2. The van der Waals surface area contributed by atoms with E-state index in [0.717, 1.165) is 29.7 Å². The molecule has 5 rings (SSSR count). The highest BCUT2D eigenvalue weighted by molar-refractivity contribution is 7.89. The van der Waals surface area contributed by atoms with Crippen LogP contribution < -0.4 is 14.2 Å². The van der Waals surface area contributed by atoms with Crippen LogP contribution in [0, 0.1) is 5.92 Å². The van der Waals surface area contributed by atoms with Gasteiger partial charge < -0.3 is 19.4 Å². The monoisotopic (exact) mass is 498 g/mol. The lowest BCUT2D eigenvalue weighted by molar-refractivity contribution is -0.135. The van der Waals surface area contributed by atoms with E-state index < -0.39 is 16.1 Å². The van der Waals surface area contributed by atoms with E-state index >= 15 is 0 Å². The number of benzene rings is 2. The molecular weight excluding hydrogens is 468 g/mol. The number of carbonyl (C=O) groups excluding carboxylic acids is 1. The molecule has 1 amide bonds. The number of amides is 1. The molecule has 1 aromatic heterocycles. The number of H-pyrrole nitrogens is 1. The number of hydrogen-bond acceptors (Lipinski definition) is 6. The van der Waals surface area contributed by atoms with Crippen molar-refractivity contribution in [3.63, 3.8) is 0 Å². The van der Waals surface area contributed by atoms with E-state index in [9.17, 15) is 13.2 Å². The molecule has 1 fully saturated rings. The van der Waals surface area contributed by atoms with E-state index in [0.29, 0.717) is 37.8 Å². The van der Waals surface area contributed by atoms with E-state index in [2.05, 4.69) is 9.71 Å². The summed E-state index contributed by atoms with van der Waals surface area (Å²) < 4.78 is 40.1. The first kappa shape index (κ1) is 23.6. The summed E-state index contributed by atoms with van der Waals surface area (Å²) in [7, 11) is -3.96. The van der Waals surface area contributed by atoms with Gasteiger partial charge in [-0.3, -0.25) is 4.79 Å². The summed E-state index contributed by atoms with van der Waals surface area (Å²) in [6.07, 6.45) is 1.74. The number of sulfonamides is 1. The number of para-hydroxylation sites is 2. The van der Waals surface area contributed by atoms with Gasteiger partial charge in [0, 0.05) is 25.1 Å². The maximum absolute atomic E-state index is 13.6. The van der Waals surface area contributed by atoms with E-state index in [1.807, 2.05) is 38.1 Å². The Bertz CT molecular complexity index is 1300. The Morgan fingerprint density at radius 2 is 1.91 bits per heavy atom. The Morgan fingerprint density at radius 1 is 1.14 bits per heavy atom. The number of rotatable bonds is 6. The van der Waals surface area contributed by atoms with Gasteiger partial charge in [-0.15, -0.1) is 0 Å². The largest absolute Gasteiger partial charge is 0.486 e. The number of hydrogen-bond donors (Lipinski definition) is 2. The Balaban J connectivity index is 1.33. The summed E-state index contributed by atoms with van der Waals surface area (Å²) in [4.78, 5) is 23.5. The van der Waals surface area contributed by atoms with Crippen LogP contribution in [0.3, 0.4) is 0 Å². The van der Waals surface area contributed by atoms with Gasteiger partial charge in [-0.05, 0) is 43.0 Å². The standard InChI is InChI=1S/C25H30N4O5S/c1-16(2)23(28-35(31,32)18-9-10-21-22(14-18)34-13-12-33-21)25(30)29-11-5-6-17(15-29)24-26-19-7-3-4-8-20(19)27-24/h3-4,7-10,14,16-17,23,28H,5-6,11-13,15H2,1-2H3,(H,26,27). The third-order valence-corrected chi connectivity index (χ3v) is 8.01. The van der Waals surface area contributed by atoms with Crippen molar-refractivity contribution in [2.45, 2.75) is 43.5 Å². The number of nitrogens with zero attached hydrogens (tertiary/aromatic N) is 2. The van der Waals surface area contributed by atoms with Crippen LogP contribution in [0.2, 0.25) is 0 Å². The van der Waals surface area contributed by atoms with Crippen LogP contribution in [0.1, 0.15) is 38.4 Å². The molecule has 2 aliphatic rings. The first-order chi connectivity index (χ1) is 16.8. The molecule has 2 unspecified atom stereocenters. The van der Waals surface area contributed by atoms with Crippen LogP contribution in [0.15, 0.2) is 47.4 Å². The smallest absolute Gasteiger partial charge is 0.241 e. The maximum atomic E-state index is 13.6. The first-order valence-electron chi connectivity index (χ1n) is 12.0. The molecule has 0 spiro atoms. The Morgan fingerprint density at radius 3 is 2.69 bits per heavy atom. The minimum Gasteiger partial charge on any atom is -0.486 e. The van der Waals surface area contributed by atoms with Crippen LogP contribution in [0.25, 0.3) is 11.0 Å². The summed E-state index contributed by atoms with van der Waals surface area (Å²) >= 11 is 0. The number of carbonyl (C=O) groups is 1. The van der Waals surface area contributed by atoms with Crippen LogP contribution in [-0.2, 0) is 14.8 Å². The van der Waals surface area contributed by atoms with E-state index in [1.54, 1.807) is 11.0 Å². The average molecular weight is 499 g/mol. The second-order valence-corrected chi connectivity index (χ2v) is 11.1. The van der Waals surface area contributed by atoms with E-state index in [4.69, 9.17) is 14.5 Å². The van der Waals surface area contributed by atoms with Gasteiger partial charge in [0.2, 0.25) is 15.9 Å². The van der Waals surface area contributed by atoms with Crippen molar-refractivity contribution >= 4 is 27.0 Å². The predicted molar refractivity (Wildman–Crippen MR) is 131 cm³/mol. The highest BCUT2D eigenvalue weighted by Crippen LogP contribution is 2.33. The quantitative estimate of drug-likeness (QED) is 0.540. The molecule has 0 saturated carbocycles. The number of nitrogens with one attached hydrogen (secondary N) is 2. The molecule has 0 bridgehead atoms. The highest BCUT2D eigenvalue weighted by Gasteiger charge is 2.35. The van der Waals surface area contributed by atoms with Crippen molar-refractivity contribution in [2.24, 2.45) is 5.92 Å². The van der Waals surface area contributed by atoms with Gasteiger partial charge in [0.1, 0.15) is 25.1 Å². The molecule has 2 N–H and O–H groups in total. The highest BCUT2D eigenvalue weighted by atomic mass is 32.2. The topological polar surface area (TPSA) is 114 Å². The third kappa shape index (κ3) is 4.85. The van der Waals surface area contributed by atoms with Gasteiger partial charge in [-0.25, -0.2) is 13.4 Å². The molecule has 2 aromatic carbocycles. The minimum absolute atomic E-state index is 0.0407. The number of likely N-dealkylation sites (tertiary alicyclic amines) is 1.